The van der Waals surface area contributed by atoms with E-state index in [2.05, 4.69) is 35.4 Å². The molecule has 1 aromatic rings. The molecular formula is C15H21N3O2S. The Morgan fingerprint density at radius 3 is 2.76 bits per heavy atom. The lowest BCUT2D eigenvalue weighted by atomic mass is 9.98. The predicted octanol–water partition coefficient (Wildman–Crippen LogP) is 1.10. The fraction of sp³-hybridized carbons (Fsp3) is 0.533. The maximum absolute atomic E-state index is 12.4. The summed E-state index contributed by atoms with van der Waals surface area (Å²) in [6.07, 6.45) is 4.80. The van der Waals surface area contributed by atoms with Gasteiger partial charge in [-0.05, 0) is 30.7 Å². The van der Waals surface area contributed by atoms with Gasteiger partial charge in [-0.2, -0.15) is 0 Å². The summed E-state index contributed by atoms with van der Waals surface area (Å²) in [5.41, 5.74) is 5.86. The quantitative estimate of drug-likeness (QED) is 0.819. The average molecular weight is 307 g/mol. The number of rotatable bonds is 3. The van der Waals surface area contributed by atoms with E-state index < -0.39 is 10.0 Å². The van der Waals surface area contributed by atoms with Crippen LogP contribution in [0, 0.1) is 23.7 Å². The number of nitrogens with two attached hydrogens (primary N) is 1. The van der Waals surface area contributed by atoms with Crippen LogP contribution in [0.2, 0.25) is 0 Å². The first-order valence-corrected chi connectivity index (χ1v) is 8.58. The fourth-order valence-corrected chi connectivity index (χ4v) is 3.93. The van der Waals surface area contributed by atoms with Crippen molar-refractivity contribution >= 4 is 10.0 Å². The molecule has 0 amide bonds. The third kappa shape index (κ3) is 3.82. The third-order valence-electron chi connectivity index (χ3n) is 4.13. The summed E-state index contributed by atoms with van der Waals surface area (Å²) >= 11 is 0. The van der Waals surface area contributed by atoms with Gasteiger partial charge in [0.2, 0.25) is 10.0 Å². The molecule has 21 heavy (non-hydrogen) atoms. The average Bonchev–Trinajstić information content (AvgIpc) is 2.77. The summed E-state index contributed by atoms with van der Waals surface area (Å²) in [6.45, 7) is 4.47. The summed E-state index contributed by atoms with van der Waals surface area (Å²) in [4.78, 5) is 4.10. The first-order valence-electron chi connectivity index (χ1n) is 7.10. The molecule has 0 aliphatic heterocycles. The molecule has 0 saturated heterocycles. The molecule has 1 heterocycles. The summed E-state index contributed by atoms with van der Waals surface area (Å²) in [7, 11) is -3.56. The zero-order valence-corrected chi connectivity index (χ0v) is 13.2. The Kier molecular flexibility index (Phi) is 4.99. The van der Waals surface area contributed by atoms with Crippen LogP contribution in [0.4, 0.5) is 0 Å². The molecule has 114 valence electrons. The first-order chi connectivity index (χ1) is 9.94. The van der Waals surface area contributed by atoms with Crippen LogP contribution in [0.5, 0.6) is 0 Å². The SMILES string of the molecule is CC1CCC(NS(=O)(=O)c2cncc(C#CCN)c2)C1C. The van der Waals surface area contributed by atoms with Crippen molar-refractivity contribution in [3.63, 3.8) is 0 Å². The lowest BCUT2D eigenvalue weighted by molar-refractivity contribution is 0.402. The third-order valence-corrected chi connectivity index (χ3v) is 5.59. The highest BCUT2D eigenvalue weighted by Gasteiger charge is 2.33. The number of pyridine rings is 1. The highest BCUT2D eigenvalue weighted by molar-refractivity contribution is 7.89. The van der Waals surface area contributed by atoms with Crippen molar-refractivity contribution in [3.8, 4) is 11.8 Å². The predicted molar refractivity (Wildman–Crippen MR) is 81.8 cm³/mol. The Morgan fingerprint density at radius 2 is 2.14 bits per heavy atom. The fourth-order valence-electron chi connectivity index (χ4n) is 2.59. The van der Waals surface area contributed by atoms with E-state index in [1.165, 1.54) is 18.5 Å². The molecule has 5 nitrogen and oxygen atoms in total. The van der Waals surface area contributed by atoms with Gasteiger partial charge < -0.3 is 5.73 Å². The van der Waals surface area contributed by atoms with Gasteiger partial charge in [0.25, 0.3) is 0 Å². The second-order valence-corrected chi connectivity index (χ2v) is 7.27. The standard InChI is InChI=1S/C15H21N3O2S/c1-11-5-6-15(12(11)2)18-21(19,20)14-8-13(4-3-7-16)9-17-10-14/h8-12,15,18H,5-7,16H2,1-2H3. The Balaban J connectivity index is 2.20. The largest absolute Gasteiger partial charge is 0.320 e. The van der Waals surface area contributed by atoms with Crippen molar-refractivity contribution in [3.05, 3.63) is 24.0 Å². The van der Waals surface area contributed by atoms with Gasteiger partial charge in [-0.25, -0.2) is 13.1 Å². The number of nitrogens with one attached hydrogen (secondary N) is 1. The van der Waals surface area contributed by atoms with E-state index in [4.69, 9.17) is 5.73 Å². The number of aromatic nitrogens is 1. The van der Waals surface area contributed by atoms with E-state index in [1.54, 1.807) is 0 Å². The van der Waals surface area contributed by atoms with Crippen molar-refractivity contribution in [2.75, 3.05) is 6.54 Å². The molecule has 0 spiro atoms. The van der Waals surface area contributed by atoms with Crippen LogP contribution >= 0.6 is 0 Å². The van der Waals surface area contributed by atoms with Gasteiger partial charge in [-0.15, -0.1) is 0 Å². The van der Waals surface area contributed by atoms with Crippen molar-refractivity contribution in [2.45, 2.75) is 37.6 Å². The van der Waals surface area contributed by atoms with Gasteiger partial charge in [-0.3, -0.25) is 4.98 Å². The second kappa shape index (κ2) is 6.56. The minimum atomic E-state index is -3.56. The molecule has 1 aromatic heterocycles. The van der Waals surface area contributed by atoms with Crippen molar-refractivity contribution in [1.82, 2.24) is 9.71 Å². The Hall–Kier alpha value is -1.42. The molecule has 1 saturated carbocycles. The molecule has 1 aliphatic rings. The molecule has 1 aliphatic carbocycles. The van der Waals surface area contributed by atoms with Crippen LogP contribution in [-0.4, -0.2) is 26.0 Å². The van der Waals surface area contributed by atoms with Crippen molar-refractivity contribution in [1.29, 1.82) is 0 Å². The van der Waals surface area contributed by atoms with Crippen molar-refractivity contribution < 1.29 is 8.42 Å². The topological polar surface area (TPSA) is 85.1 Å². The van der Waals surface area contributed by atoms with E-state index in [0.717, 1.165) is 12.8 Å². The molecule has 0 radical (unpaired) electrons. The molecular weight excluding hydrogens is 286 g/mol. The number of hydrogen-bond acceptors (Lipinski definition) is 4. The van der Waals surface area contributed by atoms with E-state index in [9.17, 15) is 8.42 Å². The number of hydrogen-bond donors (Lipinski definition) is 2. The molecule has 0 aromatic carbocycles. The van der Waals surface area contributed by atoms with E-state index >= 15 is 0 Å². The van der Waals surface area contributed by atoms with Gasteiger partial charge >= 0.3 is 0 Å². The molecule has 3 N–H and O–H groups in total. The zero-order chi connectivity index (χ0) is 15.5. The summed E-state index contributed by atoms with van der Waals surface area (Å²) in [5.74, 6) is 6.37. The summed E-state index contributed by atoms with van der Waals surface area (Å²) in [6, 6.07) is 1.52. The van der Waals surface area contributed by atoms with Gasteiger partial charge in [-0.1, -0.05) is 25.7 Å². The highest BCUT2D eigenvalue weighted by atomic mass is 32.2. The minimum Gasteiger partial charge on any atom is -0.320 e. The smallest absolute Gasteiger partial charge is 0.242 e. The Morgan fingerprint density at radius 1 is 1.38 bits per heavy atom. The maximum Gasteiger partial charge on any atom is 0.242 e. The van der Waals surface area contributed by atoms with E-state index in [1.807, 2.05) is 0 Å². The monoisotopic (exact) mass is 307 g/mol. The van der Waals surface area contributed by atoms with Gasteiger partial charge in [0.15, 0.2) is 0 Å². The Labute approximate surface area is 126 Å². The second-order valence-electron chi connectivity index (χ2n) is 5.56. The van der Waals surface area contributed by atoms with Crippen LogP contribution in [0.3, 0.4) is 0 Å². The van der Waals surface area contributed by atoms with Gasteiger partial charge in [0.05, 0.1) is 6.54 Å². The van der Waals surface area contributed by atoms with Crippen LogP contribution in [-0.2, 0) is 10.0 Å². The molecule has 1 fully saturated rings. The minimum absolute atomic E-state index is 0.0104. The highest BCUT2D eigenvalue weighted by Crippen LogP contribution is 2.32. The lowest BCUT2D eigenvalue weighted by Crippen LogP contribution is -2.37. The van der Waals surface area contributed by atoms with Gasteiger partial charge in [0, 0.05) is 24.0 Å². The first kappa shape index (κ1) is 16.0. The molecule has 3 unspecified atom stereocenters. The lowest BCUT2D eigenvalue weighted by Gasteiger charge is -2.19. The van der Waals surface area contributed by atoms with Crippen LogP contribution in [0.25, 0.3) is 0 Å². The summed E-state index contributed by atoms with van der Waals surface area (Å²) in [5, 5.41) is 0. The van der Waals surface area contributed by atoms with Crippen LogP contribution < -0.4 is 10.5 Å². The summed E-state index contributed by atoms with van der Waals surface area (Å²) < 4.78 is 27.7. The van der Waals surface area contributed by atoms with Crippen LogP contribution in [0.15, 0.2) is 23.4 Å². The molecule has 0 bridgehead atoms. The van der Waals surface area contributed by atoms with Crippen LogP contribution in [0.1, 0.15) is 32.3 Å². The Bertz CT molecular complexity index is 661. The van der Waals surface area contributed by atoms with Crippen molar-refractivity contribution in [2.24, 2.45) is 17.6 Å². The molecule has 6 heteroatoms. The normalized spacial score (nSPS) is 25.4. The number of sulfonamides is 1. The van der Waals surface area contributed by atoms with E-state index in [0.29, 0.717) is 17.4 Å². The molecule has 3 atom stereocenters. The number of nitrogens with zero attached hydrogens (tertiary/aromatic N) is 1. The maximum atomic E-state index is 12.4. The van der Waals surface area contributed by atoms with Gasteiger partial charge in [0.1, 0.15) is 4.90 Å². The molecule has 2 rings (SSSR count). The zero-order valence-electron chi connectivity index (χ0n) is 12.3. The van der Waals surface area contributed by atoms with E-state index in [-0.39, 0.29) is 17.5 Å².